The maximum atomic E-state index is 10.0. The quantitative estimate of drug-likeness (QED) is 0.848. The van der Waals surface area contributed by atoms with Crippen LogP contribution in [0.25, 0.3) is 0 Å². The van der Waals surface area contributed by atoms with Crippen molar-refractivity contribution in [3.05, 3.63) is 30.1 Å². The smallest absolute Gasteiger partial charge is 0.0598 e. The highest BCUT2D eigenvalue weighted by molar-refractivity contribution is 5.04. The summed E-state index contributed by atoms with van der Waals surface area (Å²) in [6.07, 6.45) is 4.16. The van der Waals surface area contributed by atoms with Crippen LogP contribution >= 0.6 is 0 Å². The first kappa shape index (κ1) is 14.2. The van der Waals surface area contributed by atoms with Crippen molar-refractivity contribution in [3.63, 3.8) is 0 Å². The molecule has 17 heavy (non-hydrogen) atoms. The molecule has 1 heterocycles. The molecule has 0 aliphatic rings. The molecule has 0 radical (unpaired) electrons. The zero-order chi connectivity index (χ0) is 12.9. The number of aliphatic hydroxyl groups excluding tert-OH is 1. The molecule has 0 aliphatic heterocycles. The lowest BCUT2D eigenvalue weighted by Gasteiger charge is -2.24. The molecule has 2 unspecified atom stereocenters. The minimum atomic E-state index is -0.276. The van der Waals surface area contributed by atoms with Crippen LogP contribution in [0.4, 0.5) is 0 Å². The van der Waals surface area contributed by atoms with Crippen LogP contribution in [-0.4, -0.2) is 16.2 Å². The van der Waals surface area contributed by atoms with Gasteiger partial charge in [0.05, 0.1) is 6.10 Å². The van der Waals surface area contributed by atoms with Crippen LogP contribution in [0.3, 0.4) is 0 Å². The molecule has 1 aromatic heterocycles. The van der Waals surface area contributed by atoms with Gasteiger partial charge in [-0.3, -0.25) is 4.98 Å². The Labute approximate surface area is 105 Å². The second-order valence-corrected chi connectivity index (χ2v) is 6.28. The van der Waals surface area contributed by atoms with E-state index in [1.165, 1.54) is 0 Å². The molecule has 0 spiro atoms. The SMILES string of the molecule is CC(CC(O)Cc1ccccn1)CC(C)(C)C. The van der Waals surface area contributed by atoms with Gasteiger partial charge in [-0.1, -0.05) is 33.8 Å². The van der Waals surface area contributed by atoms with Gasteiger partial charge < -0.3 is 5.11 Å². The van der Waals surface area contributed by atoms with E-state index < -0.39 is 0 Å². The highest BCUT2D eigenvalue weighted by atomic mass is 16.3. The van der Waals surface area contributed by atoms with Crippen LogP contribution in [-0.2, 0) is 6.42 Å². The average molecular weight is 235 g/mol. The second kappa shape index (κ2) is 6.15. The van der Waals surface area contributed by atoms with E-state index in [2.05, 4.69) is 32.7 Å². The first-order valence-corrected chi connectivity index (χ1v) is 6.45. The molecule has 2 heteroatoms. The Morgan fingerprint density at radius 2 is 2.00 bits per heavy atom. The van der Waals surface area contributed by atoms with Gasteiger partial charge in [0.15, 0.2) is 0 Å². The van der Waals surface area contributed by atoms with Gasteiger partial charge in [0.25, 0.3) is 0 Å². The monoisotopic (exact) mass is 235 g/mol. The van der Waals surface area contributed by atoms with Crippen LogP contribution in [0.15, 0.2) is 24.4 Å². The van der Waals surface area contributed by atoms with Crippen molar-refractivity contribution in [2.24, 2.45) is 11.3 Å². The summed E-state index contributed by atoms with van der Waals surface area (Å²) >= 11 is 0. The molecule has 0 amide bonds. The van der Waals surface area contributed by atoms with E-state index >= 15 is 0 Å². The summed E-state index contributed by atoms with van der Waals surface area (Å²) in [5.41, 5.74) is 1.31. The third kappa shape index (κ3) is 6.42. The standard InChI is InChI=1S/C15H25NO/c1-12(11-15(2,3)4)9-14(17)10-13-7-5-6-8-16-13/h5-8,12,14,17H,9-11H2,1-4H3. The van der Waals surface area contributed by atoms with Crippen LogP contribution in [0.1, 0.15) is 46.2 Å². The molecule has 0 aliphatic carbocycles. The number of aromatic nitrogens is 1. The van der Waals surface area contributed by atoms with Crippen molar-refractivity contribution in [2.75, 3.05) is 0 Å². The summed E-state index contributed by atoms with van der Waals surface area (Å²) in [6, 6.07) is 5.84. The van der Waals surface area contributed by atoms with E-state index in [-0.39, 0.29) is 6.10 Å². The molecular weight excluding hydrogens is 210 g/mol. The molecule has 1 rings (SSSR count). The van der Waals surface area contributed by atoms with Gasteiger partial charge in [-0.15, -0.1) is 0 Å². The molecule has 1 aromatic rings. The maximum absolute atomic E-state index is 10.0. The molecule has 1 N–H and O–H groups in total. The predicted octanol–water partition coefficient (Wildman–Crippen LogP) is 3.45. The maximum Gasteiger partial charge on any atom is 0.0598 e. The lowest BCUT2D eigenvalue weighted by atomic mass is 9.83. The molecular formula is C15H25NO. The number of rotatable bonds is 5. The Morgan fingerprint density at radius 1 is 1.29 bits per heavy atom. The minimum Gasteiger partial charge on any atom is -0.393 e. The fourth-order valence-electron chi connectivity index (χ4n) is 2.44. The summed E-state index contributed by atoms with van der Waals surface area (Å²) in [6.45, 7) is 8.95. The summed E-state index contributed by atoms with van der Waals surface area (Å²) in [4.78, 5) is 4.24. The molecule has 2 atom stereocenters. The van der Waals surface area contributed by atoms with Crippen LogP contribution in [0.5, 0.6) is 0 Å². The minimum absolute atomic E-state index is 0.276. The largest absolute Gasteiger partial charge is 0.393 e. The Balaban J connectivity index is 2.37. The van der Waals surface area contributed by atoms with Crippen molar-refractivity contribution in [1.29, 1.82) is 0 Å². The van der Waals surface area contributed by atoms with Crippen molar-refractivity contribution in [3.8, 4) is 0 Å². The van der Waals surface area contributed by atoms with Gasteiger partial charge in [0.1, 0.15) is 0 Å². The van der Waals surface area contributed by atoms with E-state index in [1.54, 1.807) is 6.20 Å². The summed E-state index contributed by atoms with van der Waals surface area (Å²) in [7, 11) is 0. The molecule has 2 nitrogen and oxygen atoms in total. The van der Waals surface area contributed by atoms with Crippen LogP contribution in [0, 0.1) is 11.3 Å². The zero-order valence-corrected chi connectivity index (χ0v) is 11.5. The van der Waals surface area contributed by atoms with Gasteiger partial charge in [-0.2, -0.15) is 0 Å². The average Bonchev–Trinajstić information content (AvgIpc) is 2.15. The molecule has 96 valence electrons. The number of hydrogen-bond donors (Lipinski definition) is 1. The van der Waals surface area contributed by atoms with E-state index in [4.69, 9.17) is 0 Å². The Hall–Kier alpha value is -0.890. The van der Waals surface area contributed by atoms with Gasteiger partial charge >= 0.3 is 0 Å². The Morgan fingerprint density at radius 3 is 2.53 bits per heavy atom. The first-order valence-electron chi connectivity index (χ1n) is 6.45. The van der Waals surface area contributed by atoms with Crippen LogP contribution < -0.4 is 0 Å². The highest BCUT2D eigenvalue weighted by Gasteiger charge is 2.18. The fraction of sp³-hybridized carbons (Fsp3) is 0.667. The molecule has 0 aromatic carbocycles. The van der Waals surface area contributed by atoms with E-state index in [1.807, 2.05) is 18.2 Å². The number of hydrogen-bond acceptors (Lipinski definition) is 2. The predicted molar refractivity (Wildman–Crippen MR) is 71.8 cm³/mol. The van der Waals surface area contributed by atoms with Crippen molar-refractivity contribution in [2.45, 2.75) is 53.1 Å². The molecule has 0 saturated carbocycles. The number of aliphatic hydroxyl groups is 1. The van der Waals surface area contributed by atoms with Gasteiger partial charge in [-0.05, 0) is 36.3 Å². The van der Waals surface area contributed by atoms with E-state index in [0.29, 0.717) is 17.8 Å². The second-order valence-electron chi connectivity index (χ2n) is 6.28. The molecule has 0 fully saturated rings. The number of pyridine rings is 1. The fourth-order valence-corrected chi connectivity index (χ4v) is 2.44. The third-order valence-electron chi connectivity index (χ3n) is 2.81. The summed E-state index contributed by atoms with van der Waals surface area (Å²) < 4.78 is 0. The van der Waals surface area contributed by atoms with Gasteiger partial charge in [0.2, 0.25) is 0 Å². The van der Waals surface area contributed by atoms with Crippen molar-refractivity contribution in [1.82, 2.24) is 4.98 Å². The van der Waals surface area contributed by atoms with Crippen molar-refractivity contribution < 1.29 is 5.11 Å². The van der Waals surface area contributed by atoms with Gasteiger partial charge in [-0.25, -0.2) is 0 Å². The van der Waals surface area contributed by atoms with Crippen molar-refractivity contribution >= 4 is 0 Å². The van der Waals surface area contributed by atoms with E-state index in [0.717, 1.165) is 18.5 Å². The third-order valence-corrected chi connectivity index (χ3v) is 2.81. The lowest BCUT2D eigenvalue weighted by molar-refractivity contribution is 0.132. The lowest BCUT2D eigenvalue weighted by Crippen LogP contribution is -2.19. The normalized spacial score (nSPS) is 15.6. The summed E-state index contributed by atoms with van der Waals surface area (Å²) in [5.74, 6) is 0.550. The Bertz CT molecular complexity index is 315. The Kier molecular flexibility index (Phi) is 5.13. The van der Waals surface area contributed by atoms with Crippen LogP contribution in [0.2, 0.25) is 0 Å². The molecule has 0 saturated heterocycles. The number of nitrogens with zero attached hydrogens (tertiary/aromatic N) is 1. The summed E-state index contributed by atoms with van der Waals surface area (Å²) in [5, 5.41) is 10.0. The highest BCUT2D eigenvalue weighted by Crippen LogP contribution is 2.27. The zero-order valence-electron chi connectivity index (χ0n) is 11.5. The van der Waals surface area contributed by atoms with Gasteiger partial charge in [0, 0.05) is 18.3 Å². The molecule has 0 bridgehead atoms. The first-order chi connectivity index (χ1) is 7.87. The topological polar surface area (TPSA) is 33.1 Å². The van der Waals surface area contributed by atoms with E-state index in [9.17, 15) is 5.11 Å².